The van der Waals surface area contributed by atoms with E-state index in [1.165, 1.54) is 13.1 Å². The van der Waals surface area contributed by atoms with Crippen LogP contribution in [0.5, 0.6) is 0 Å². The summed E-state index contributed by atoms with van der Waals surface area (Å²) in [6, 6.07) is 0. The molecule has 2 rings (SSSR count). The predicted octanol–water partition coefficient (Wildman–Crippen LogP) is 0.404. The largest absolute Gasteiger partial charge is 0.328 e. The van der Waals surface area contributed by atoms with Crippen molar-refractivity contribution in [3.8, 4) is 0 Å². The van der Waals surface area contributed by atoms with Gasteiger partial charge in [0.05, 0.1) is 11.8 Å². The zero-order valence-electron chi connectivity index (χ0n) is 11.4. The number of hydrogen-bond acceptors (Lipinski definition) is 4. The fraction of sp³-hybridized carbons (Fsp3) is 0.385. The molecule has 7 heteroatoms. The van der Waals surface area contributed by atoms with Gasteiger partial charge < -0.3 is 4.98 Å². The summed E-state index contributed by atoms with van der Waals surface area (Å²) in [5, 5.41) is 6.75. The minimum absolute atomic E-state index is 0.00379. The Balaban J connectivity index is 2.16. The van der Waals surface area contributed by atoms with Crippen LogP contribution in [-0.2, 0) is 13.0 Å². The SMILES string of the molecule is CC(=O)c1c[nH]c(=O)n(CCCc2cn[nH]c2C)c1=O. The molecule has 2 heterocycles. The molecule has 0 bridgehead atoms. The van der Waals surface area contributed by atoms with Gasteiger partial charge in [-0.3, -0.25) is 19.3 Å². The zero-order valence-corrected chi connectivity index (χ0v) is 11.4. The van der Waals surface area contributed by atoms with Crippen LogP contribution in [0.25, 0.3) is 0 Å². The Labute approximate surface area is 114 Å². The van der Waals surface area contributed by atoms with E-state index in [2.05, 4.69) is 15.2 Å². The Morgan fingerprint density at radius 2 is 2.15 bits per heavy atom. The van der Waals surface area contributed by atoms with E-state index >= 15 is 0 Å². The lowest BCUT2D eigenvalue weighted by molar-refractivity contribution is 0.101. The second kappa shape index (κ2) is 5.68. The fourth-order valence-corrected chi connectivity index (χ4v) is 2.02. The Hall–Kier alpha value is -2.44. The van der Waals surface area contributed by atoms with Crippen molar-refractivity contribution in [3.63, 3.8) is 0 Å². The first-order chi connectivity index (χ1) is 9.50. The molecule has 0 radical (unpaired) electrons. The summed E-state index contributed by atoms with van der Waals surface area (Å²) >= 11 is 0. The Morgan fingerprint density at radius 3 is 2.75 bits per heavy atom. The van der Waals surface area contributed by atoms with Crippen LogP contribution in [0.15, 0.2) is 22.0 Å². The zero-order chi connectivity index (χ0) is 14.7. The highest BCUT2D eigenvalue weighted by Gasteiger charge is 2.11. The van der Waals surface area contributed by atoms with Gasteiger partial charge in [-0.1, -0.05) is 0 Å². The molecule has 106 valence electrons. The molecular weight excluding hydrogens is 260 g/mol. The highest BCUT2D eigenvalue weighted by Crippen LogP contribution is 2.05. The van der Waals surface area contributed by atoms with Crippen LogP contribution in [0, 0.1) is 6.92 Å². The average Bonchev–Trinajstić information content (AvgIpc) is 2.78. The molecule has 0 aliphatic heterocycles. The van der Waals surface area contributed by atoms with Gasteiger partial charge in [0.2, 0.25) is 0 Å². The highest BCUT2D eigenvalue weighted by atomic mass is 16.2. The second-order valence-corrected chi connectivity index (χ2v) is 4.64. The van der Waals surface area contributed by atoms with Gasteiger partial charge >= 0.3 is 5.69 Å². The van der Waals surface area contributed by atoms with Gasteiger partial charge in [0.15, 0.2) is 5.78 Å². The molecule has 0 fully saturated rings. The standard InChI is InChI=1S/C13H16N4O3/c1-8-10(6-15-16-8)4-3-5-17-12(19)11(9(2)18)7-14-13(17)20/h6-7H,3-5H2,1-2H3,(H,14,20)(H,15,16). The molecule has 0 spiro atoms. The molecule has 0 amide bonds. The molecule has 0 atom stereocenters. The number of rotatable bonds is 5. The lowest BCUT2D eigenvalue weighted by Gasteiger charge is -2.05. The van der Waals surface area contributed by atoms with E-state index in [0.717, 1.165) is 15.8 Å². The number of ketones is 1. The van der Waals surface area contributed by atoms with Gasteiger partial charge in [-0.25, -0.2) is 4.79 Å². The second-order valence-electron chi connectivity index (χ2n) is 4.64. The van der Waals surface area contributed by atoms with Crippen molar-refractivity contribution in [1.29, 1.82) is 0 Å². The topological polar surface area (TPSA) is 101 Å². The summed E-state index contributed by atoms with van der Waals surface area (Å²) in [7, 11) is 0. The van der Waals surface area contributed by atoms with Gasteiger partial charge in [-0.05, 0) is 32.3 Å². The summed E-state index contributed by atoms with van der Waals surface area (Å²) < 4.78 is 1.06. The minimum Gasteiger partial charge on any atom is -0.313 e. The van der Waals surface area contributed by atoms with E-state index in [-0.39, 0.29) is 17.9 Å². The lowest BCUT2D eigenvalue weighted by Crippen LogP contribution is -2.37. The van der Waals surface area contributed by atoms with Crippen molar-refractivity contribution in [2.75, 3.05) is 0 Å². The van der Waals surface area contributed by atoms with Crippen LogP contribution < -0.4 is 11.2 Å². The summed E-state index contributed by atoms with van der Waals surface area (Å²) in [5.41, 5.74) is 0.999. The molecule has 2 N–H and O–H groups in total. The number of carbonyl (C=O) groups excluding carboxylic acids is 1. The first-order valence-corrected chi connectivity index (χ1v) is 6.33. The van der Waals surface area contributed by atoms with Crippen LogP contribution in [0.3, 0.4) is 0 Å². The van der Waals surface area contributed by atoms with Crippen LogP contribution in [0.1, 0.15) is 35.0 Å². The molecule has 0 aromatic carbocycles. The lowest BCUT2D eigenvalue weighted by atomic mass is 10.1. The third kappa shape index (κ3) is 2.76. The van der Waals surface area contributed by atoms with Crippen molar-refractivity contribution in [2.45, 2.75) is 33.2 Å². The molecule has 0 aliphatic rings. The number of nitrogens with zero attached hydrogens (tertiary/aromatic N) is 2. The van der Waals surface area contributed by atoms with E-state index in [0.29, 0.717) is 12.8 Å². The number of Topliss-reactive ketones (excluding diaryl/α,β-unsaturated/α-hetero) is 1. The van der Waals surface area contributed by atoms with E-state index in [1.807, 2.05) is 6.92 Å². The van der Waals surface area contributed by atoms with E-state index in [9.17, 15) is 14.4 Å². The maximum atomic E-state index is 12.0. The first-order valence-electron chi connectivity index (χ1n) is 6.33. The fourth-order valence-electron chi connectivity index (χ4n) is 2.02. The molecule has 0 saturated heterocycles. The number of nitrogens with one attached hydrogen (secondary N) is 2. The number of hydrogen-bond donors (Lipinski definition) is 2. The molecular formula is C13H16N4O3. The van der Waals surface area contributed by atoms with Crippen molar-refractivity contribution in [3.05, 3.63) is 50.1 Å². The highest BCUT2D eigenvalue weighted by molar-refractivity contribution is 5.93. The molecule has 0 saturated carbocycles. The minimum atomic E-state index is -0.537. The van der Waals surface area contributed by atoms with E-state index < -0.39 is 11.2 Å². The number of aromatic amines is 2. The Bertz CT molecular complexity index is 739. The van der Waals surface area contributed by atoms with Crippen LogP contribution in [0.4, 0.5) is 0 Å². The van der Waals surface area contributed by atoms with Crippen molar-refractivity contribution in [2.24, 2.45) is 0 Å². The molecule has 2 aromatic rings. The summed E-state index contributed by atoms with van der Waals surface area (Å²) in [6.45, 7) is 3.48. The van der Waals surface area contributed by atoms with Crippen molar-refractivity contribution >= 4 is 5.78 Å². The number of aromatic nitrogens is 4. The average molecular weight is 276 g/mol. The predicted molar refractivity (Wildman–Crippen MR) is 73.0 cm³/mol. The normalized spacial score (nSPS) is 10.7. The number of H-pyrrole nitrogens is 2. The third-order valence-corrected chi connectivity index (χ3v) is 3.20. The Kier molecular flexibility index (Phi) is 3.97. The van der Waals surface area contributed by atoms with Crippen LogP contribution in [-0.4, -0.2) is 25.5 Å². The molecule has 7 nitrogen and oxygen atoms in total. The third-order valence-electron chi connectivity index (χ3n) is 3.20. The summed E-state index contributed by atoms with van der Waals surface area (Å²) in [4.78, 5) is 37.3. The molecule has 2 aromatic heterocycles. The van der Waals surface area contributed by atoms with Crippen LogP contribution >= 0.6 is 0 Å². The number of aryl methyl sites for hydroxylation is 2. The maximum Gasteiger partial charge on any atom is 0.328 e. The van der Waals surface area contributed by atoms with E-state index in [4.69, 9.17) is 0 Å². The maximum absolute atomic E-state index is 12.0. The molecule has 20 heavy (non-hydrogen) atoms. The van der Waals surface area contributed by atoms with Gasteiger partial charge in [0.1, 0.15) is 0 Å². The monoisotopic (exact) mass is 276 g/mol. The van der Waals surface area contributed by atoms with Gasteiger partial charge in [-0.15, -0.1) is 0 Å². The van der Waals surface area contributed by atoms with Crippen molar-refractivity contribution in [1.82, 2.24) is 19.7 Å². The van der Waals surface area contributed by atoms with E-state index in [1.54, 1.807) is 6.20 Å². The van der Waals surface area contributed by atoms with Crippen molar-refractivity contribution < 1.29 is 4.79 Å². The van der Waals surface area contributed by atoms with Gasteiger partial charge in [0.25, 0.3) is 5.56 Å². The smallest absolute Gasteiger partial charge is 0.313 e. The van der Waals surface area contributed by atoms with Gasteiger partial charge in [-0.2, -0.15) is 5.10 Å². The van der Waals surface area contributed by atoms with Crippen LogP contribution in [0.2, 0.25) is 0 Å². The molecule has 0 unspecified atom stereocenters. The first kappa shape index (κ1) is 14.0. The number of carbonyl (C=O) groups is 1. The Morgan fingerprint density at radius 1 is 1.40 bits per heavy atom. The summed E-state index contributed by atoms with van der Waals surface area (Å²) in [6.07, 6.45) is 4.22. The quantitative estimate of drug-likeness (QED) is 0.772. The van der Waals surface area contributed by atoms with Gasteiger partial charge in [0, 0.05) is 18.4 Å². The molecule has 0 aliphatic carbocycles. The summed E-state index contributed by atoms with van der Waals surface area (Å²) in [5.74, 6) is -0.356.